The monoisotopic (exact) mass is 312 g/mol. The lowest BCUT2D eigenvalue weighted by molar-refractivity contribution is -0.118. The van der Waals surface area contributed by atoms with E-state index in [0.717, 1.165) is 55.8 Å². The van der Waals surface area contributed by atoms with Gasteiger partial charge in [-0.3, -0.25) is 4.79 Å². The van der Waals surface area contributed by atoms with Gasteiger partial charge in [-0.15, -0.1) is 0 Å². The van der Waals surface area contributed by atoms with E-state index in [1.54, 1.807) is 0 Å². The Morgan fingerprint density at radius 2 is 2.17 bits per heavy atom. The Morgan fingerprint density at radius 1 is 1.26 bits per heavy atom. The molecular weight excluding hydrogens is 292 g/mol. The maximum Gasteiger partial charge on any atom is 0.241 e. The van der Waals surface area contributed by atoms with Crippen LogP contribution < -0.4 is 10.6 Å². The third-order valence-corrected chi connectivity index (χ3v) is 4.38. The summed E-state index contributed by atoms with van der Waals surface area (Å²) in [6.45, 7) is 0.908. The van der Waals surface area contributed by atoms with Crippen molar-refractivity contribution < 1.29 is 9.32 Å². The number of hydrogen-bond donors (Lipinski definition) is 2. The Hall–Kier alpha value is -2.21. The number of carbonyl (C=O) groups excluding carboxylic acids is 1. The predicted octanol–water partition coefficient (Wildman–Crippen LogP) is 2.69. The lowest BCUT2D eigenvalue weighted by Crippen LogP contribution is -2.43. The molecule has 2 N–H and O–H groups in total. The van der Waals surface area contributed by atoms with Crippen molar-refractivity contribution in [1.29, 1.82) is 0 Å². The number of anilines is 1. The van der Waals surface area contributed by atoms with Gasteiger partial charge in [-0.2, -0.15) is 4.98 Å². The molecule has 2 aromatic rings. The van der Waals surface area contributed by atoms with Crippen molar-refractivity contribution in [2.45, 2.75) is 44.1 Å². The maximum absolute atomic E-state index is 12.3. The zero-order chi connectivity index (χ0) is 15.6. The molecule has 2 aliphatic rings. The van der Waals surface area contributed by atoms with Gasteiger partial charge in [-0.25, -0.2) is 0 Å². The van der Waals surface area contributed by atoms with Gasteiger partial charge in [0.05, 0.1) is 6.04 Å². The number of rotatable bonds is 4. The van der Waals surface area contributed by atoms with Gasteiger partial charge < -0.3 is 15.2 Å². The molecule has 1 saturated heterocycles. The molecule has 1 aliphatic carbocycles. The molecule has 4 rings (SSSR count). The molecule has 0 bridgehead atoms. The third kappa shape index (κ3) is 3.27. The largest absolute Gasteiger partial charge is 0.339 e. The molecule has 1 saturated carbocycles. The van der Waals surface area contributed by atoms with Crippen LogP contribution in [-0.2, 0) is 4.79 Å². The summed E-state index contributed by atoms with van der Waals surface area (Å²) in [6, 6.07) is 7.50. The molecule has 2 fully saturated rings. The molecule has 0 radical (unpaired) electrons. The van der Waals surface area contributed by atoms with E-state index in [0.29, 0.717) is 11.7 Å². The van der Waals surface area contributed by atoms with Crippen molar-refractivity contribution in [3.63, 3.8) is 0 Å². The summed E-state index contributed by atoms with van der Waals surface area (Å²) >= 11 is 0. The summed E-state index contributed by atoms with van der Waals surface area (Å²) in [7, 11) is 0. The van der Waals surface area contributed by atoms with Crippen LogP contribution in [0, 0.1) is 0 Å². The number of nitrogens with one attached hydrogen (secondary N) is 2. The van der Waals surface area contributed by atoms with E-state index >= 15 is 0 Å². The number of amides is 1. The Labute approximate surface area is 134 Å². The summed E-state index contributed by atoms with van der Waals surface area (Å²) in [4.78, 5) is 16.7. The summed E-state index contributed by atoms with van der Waals surface area (Å²) in [5.74, 6) is 1.77. The fourth-order valence-corrected chi connectivity index (χ4v) is 2.89. The van der Waals surface area contributed by atoms with Gasteiger partial charge in [0.2, 0.25) is 17.6 Å². The standard InChI is InChI=1S/C17H20N4O2/c22-16(14-6-1-2-9-18-14)19-13-5-3-4-12(10-13)15-20-17(23-21-15)11-7-8-11/h3-5,10-11,14,18H,1-2,6-9H2,(H,19,22)/t14-/m0/s1. The summed E-state index contributed by atoms with van der Waals surface area (Å²) < 4.78 is 5.30. The van der Waals surface area contributed by atoms with Gasteiger partial charge in [0, 0.05) is 17.2 Å². The first-order valence-electron chi connectivity index (χ1n) is 8.28. The minimum atomic E-state index is -0.0981. The Morgan fingerprint density at radius 3 is 2.96 bits per heavy atom. The van der Waals surface area contributed by atoms with Gasteiger partial charge in [-0.05, 0) is 44.4 Å². The average molecular weight is 312 g/mol. The SMILES string of the molecule is O=C(Nc1cccc(-c2noc(C3CC3)n2)c1)[C@@H]1CCCCN1. The second-order valence-corrected chi connectivity index (χ2v) is 6.30. The lowest BCUT2D eigenvalue weighted by atomic mass is 10.0. The number of piperidine rings is 1. The van der Waals surface area contributed by atoms with Crippen LogP contribution in [0.5, 0.6) is 0 Å². The molecule has 1 amide bonds. The Balaban J connectivity index is 1.47. The second kappa shape index (κ2) is 6.12. The van der Waals surface area contributed by atoms with Crippen LogP contribution in [0.4, 0.5) is 5.69 Å². The lowest BCUT2D eigenvalue weighted by Gasteiger charge is -2.22. The molecule has 0 spiro atoms. The summed E-state index contributed by atoms with van der Waals surface area (Å²) in [5, 5.41) is 10.3. The van der Waals surface area contributed by atoms with Gasteiger partial charge in [0.1, 0.15) is 0 Å². The van der Waals surface area contributed by atoms with E-state index in [4.69, 9.17) is 4.52 Å². The highest BCUT2D eigenvalue weighted by Crippen LogP contribution is 2.39. The number of hydrogen-bond acceptors (Lipinski definition) is 5. The van der Waals surface area contributed by atoms with Crippen molar-refractivity contribution >= 4 is 11.6 Å². The topological polar surface area (TPSA) is 80.1 Å². The molecular formula is C17H20N4O2. The smallest absolute Gasteiger partial charge is 0.241 e. The van der Waals surface area contributed by atoms with Crippen LogP contribution in [0.3, 0.4) is 0 Å². The minimum absolute atomic E-state index is 0.0219. The van der Waals surface area contributed by atoms with E-state index in [-0.39, 0.29) is 11.9 Å². The molecule has 1 atom stereocenters. The first-order valence-corrected chi connectivity index (χ1v) is 8.28. The number of benzene rings is 1. The summed E-state index contributed by atoms with van der Waals surface area (Å²) in [5.41, 5.74) is 1.62. The van der Waals surface area contributed by atoms with Gasteiger partial charge in [0.15, 0.2) is 0 Å². The van der Waals surface area contributed by atoms with Crippen molar-refractivity contribution in [1.82, 2.24) is 15.5 Å². The molecule has 23 heavy (non-hydrogen) atoms. The molecule has 2 heterocycles. The number of nitrogens with zero attached hydrogens (tertiary/aromatic N) is 2. The molecule has 6 nitrogen and oxygen atoms in total. The van der Waals surface area contributed by atoms with E-state index in [2.05, 4.69) is 20.8 Å². The van der Waals surface area contributed by atoms with Crippen molar-refractivity contribution in [3.8, 4) is 11.4 Å². The zero-order valence-electron chi connectivity index (χ0n) is 12.9. The van der Waals surface area contributed by atoms with E-state index in [9.17, 15) is 4.79 Å². The number of carbonyl (C=O) groups is 1. The van der Waals surface area contributed by atoms with Gasteiger partial charge in [0.25, 0.3) is 0 Å². The fraction of sp³-hybridized carbons (Fsp3) is 0.471. The average Bonchev–Trinajstić information content (AvgIpc) is 3.33. The molecule has 6 heteroatoms. The first kappa shape index (κ1) is 14.4. The fourth-order valence-electron chi connectivity index (χ4n) is 2.89. The summed E-state index contributed by atoms with van der Waals surface area (Å²) in [6.07, 6.45) is 5.39. The molecule has 1 aromatic carbocycles. The van der Waals surface area contributed by atoms with Crippen molar-refractivity contribution in [2.24, 2.45) is 0 Å². The van der Waals surface area contributed by atoms with E-state index in [1.165, 1.54) is 0 Å². The predicted molar refractivity (Wildman–Crippen MR) is 86.0 cm³/mol. The Kier molecular flexibility index (Phi) is 3.83. The number of aromatic nitrogens is 2. The van der Waals surface area contributed by atoms with Crippen molar-refractivity contribution in [2.75, 3.05) is 11.9 Å². The van der Waals surface area contributed by atoms with Crippen LogP contribution >= 0.6 is 0 Å². The van der Waals surface area contributed by atoms with Crippen LogP contribution in [0.2, 0.25) is 0 Å². The molecule has 120 valence electrons. The highest BCUT2D eigenvalue weighted by molar-refractivity contribution is 5.95. The minimum Gasteiger partial charge on any atom is -0.339 e. The Bertz CT molecular complexity index is 702. The maximum atomic E-state index is 12.3. The molecule has 0 unspecified atom stereocenters. The van der Waals surface area contributed by atoms with E-state index < -0.39 is 0 Å². The highest BCUT2D eigenvalue weighted by Gasteiger charge is 2.29. The molecule has 1 aliphatic heterocycles. The van der Waals surface area contributed by atoms with Gasteiger partial charge >= 0.3 is 0 Å². The van der Waals surface area contributed by atoms with Crippen LogP contribution in [-0.4, -0.2) is 28.6 Å². The van der Waals surface area contributed by atoms with Gasteiger partial charge in [-0.1, -0.05) is 23.7 Å². The highest BCUT2D eigenvalue weighted by atomic mass is 16.5. The first-order chi connectivity index (χ1) is 11.3. The van der Waals surface area contributed by atoms with Crippen molar-refractivity contribution in [3.05, 3.63) is 30.2 Å². The zero-order valence-corrected chi connectivity index (χ0v) is 12.9. The molecule has 1 aromatic heterocycles. The van der Waals surface area contributed by atoms with E-state index in [1.807, 2.05) is 24.3 Å². The third-order valence-electron chi connectivity index (χ3n) is 4.38. The van der Waals surface area contributed by atoms with Crippen LogP contribution in [0.15, 0.2) is 28.8 Å². The quantitative estimate of drug-likeness (QED) is 0.907. The van der Waals surface area contributed by atoms with Crippen LogP contribution in [0.25, 0.3) is 11.4 Å². The second-order valence-electron chi connectivity index (χ2n) is 6.30. The van der Waals surface area contributed by atoms with Crippen LogP contribution in [0.1, 0.15) is 43.9 Å². The normalized spacial score (nSPS) is 21.1.